The average molecular weight is 227 g/mol. The highest BCUT2D eigenvalue weighted by molar-refractivity contribution is 4.93. The van der Waals surface area contributed by atoms with Gasteiger partial charge in [-0.1, -0.05) is 32.6 Å². The topological polar surface area (TPSA) is 23.5 Å². The second kappa shape index (κ2) is 5.50. The van der Waals surface area contributed by atoms with Crippen molar-refractivity contribution >= 4 is 0 Å². The number of hydrogen-bond acceptors (Lipinski definition) is 2. The van der Waals surface area contributed by atoms with E-state index in [0.29, 0.717) is 5.92 Å². The fourth-order valence-electron chi connectivity index (χ4n) is 2.95. The summed E-state index contributed by atoms with van der Waals surface area (Å²) in [6.45, 7) is 6.57. The Balaban J connectivity index is 2.74. The Morgan fingerprint density at radius 3 is 2.31 bits per heavy atom. The zero-order valence-electron chi connectivity index (χ0n) is 11.7. The van der Waals surface area contributed by atoms with Crippen molar-refractivity contribution in [3.8, 4) is 0 Å². The minimum atomic E-state index is -0.201. The van der Waals surface area contributed by atoms with Gasteiger partial charge in [0, 0.05) is 5.54 Å². The van der Waals surface area contributed by atoms with Crippen LogP contribution in [0, 0.1) is 11.8 Å². The van der Waals surface area contributed by atoms with E-state index >= 15 is 0 Å². The summed E-state index contributed by atoms with van der Waals surface area (Å²) in [5.41, 5.74) is -0.116. The van der Waals surface area contributed by atoms with E-state index in [1.54, 1.807) is 0 Å². The van der Waals surface area contributed by atoms with Crippen molar-refractivity contribution in [1.82, 2.24) is 4.90 Å². The fourth-order valence-corrected chi connectivity index (χ4v) is 2.95. The number of rotatable bonds is 4. The van der Waals surface area contributed by atoms with Crippen molar-refractivity contribution in [2.45, 2.75) is 64.5 Å². The monoisotopic (exact) mass is 227 g/mol. The third-order valence-electron chi connectivity index (χ3n) is 4.77. The molecule has 1 rings (SSSR count). The van der Waals surface area contributed by atoms with Crippen LogP contribution in [0.5, 0.6) is 0 Å². The molecule has 0 spiro atoms. The van der Waals surface area contributed by atoms with Crippen molar-refractivity contribution in [2.75, 3.05) is 14.1 Å². The van der Waals surface area contributed by atoms with Crippen LogP contribution < -0.4 is 0 Å². The Morgan fingerprint density at radius 2 is 1.81 bits per heavy atom. The van der Waals surface area contributed by atoms with Crippen molar-refractivity contribution in [2.24, 2.45) is 11.8 Å². The summed E-state index contributed by atoms with van der Waals surface area (Å²) in [5.74, 6) is 1.22. The molecule has 1 aliphatic rings. The lowest BCUT2D eigenvalue weighted by Gasteiger charge is -2.45. The molecule has 2 heteroatoms. The summed E-state index contributed by atoms with van der Waals surface area (Å²) in [7, 11) is 4.12. The van der Waals surface area contributed by atoms with Gasteiger partial charge in [-0.25, -0.2) is 0 Å². The second-order valence-corrected chi connectivity index (χ2v) is 6.11. The van der Waals surface area contributed by atoms with E-state index in [2.05, 4.69) is 39.8 Å². The standard InChI is InChI=1S/C14H29NO/c1-6-11-9-7-8-10-12(11)13(16)14(2,3)15(4)5/h11-13,16H,6-10H2,1-5H3. The first-order valence-corrected chi connectivity index (χ1v) is 6.76. The van der Waals surface area contributed by atoms with Crippen LogP contribution >= 0.6 is 0 Å². The van der Waals surface area contributed by atoms with Gasteiger partial charge in [0.15, 0.2) is 0 Å². The molecular formula is C14H29NO. The normalized spacial score (nSPS) is 29.4. The quantitative estimate of drug-likeness (QED) is 0.798. The van der Waals surface area contributed by atoms with Crippen LogP contribution in [0.25, 0.3) is 0 Å². The molecule has 0 radical (unpaired) electrons. The smallest absolute Gasteiger partial charge is 0.0748 e. The number of hydrogen-bond donors (Lipinski definition) is 1. The van der Waals surface area contributed by atoms with Crippen LogP contribution in [-0.2, 0) is 0 Å². The largest absolute Gasteiger partial charge is 0.391 e. The zero-order valence-corrected chi connectivity index (χ0v) is 11.7. The van der Waals surface area contributed by atoms with Crippen LogP contribution in [0.2, 0.25) is 0 Å². The van der Waals surface area contributed by atoms with Crippen molar-refractivity contribution in [3.63, 3.8) is 0 Å². The van der Waals surface area contributed by atoms with Gasteiger partial charge in [-0.05, 0) is 46.2 Å². The Labute approximate surface area is 101 Å². The van der Waals surface area contributed by atoms with E-state index in [-0.39, 0.29) is 11.6 Å². The highest BCUT2D eigenvalue weighted by atomic mass is 16.3. The van der Waals surface area contributed by atoms with Gasteiger partial charge in [-0.3, -0.25) is 0 Å². The average Bonchev–Trinajstić information content (AvgIpc) is 2.27. The lowest BCUT2D eigenvalue weighted by molar-refractivity contribution is -0.0502. The minimum Gasteiger partial charge on any atom is -0.391 e. The third-order valence-corrected chi connectivity index (χ3v) is 4.77. The Hall–Kier alpha value is -0.0800. The van der Waals surface area contributed by atoms with Gasteiger partial charge < -0.3 is 10.0 Å². The van der Waals surface area contributed by atoms with E-state index in [0.717, 1.165) is 5.92 Å². The minimum absolute atomic E-state index is 0.116. The number of aliphatic hydroxyl groups excluding tert-OH is 1. The maximum Gasteiger partial charge on any atom is 0.0748 e. The summed E-state index contributed by atoms with van der Waals surface area (Å²) in [4.78, 5) is 2.15. The second-order valence-electron chi connectivity index (χ2n) is 6.11. The molecule has 0 saturated heterocycles. The molecule has 1 N–H and O–H groups in total. The van der Waals surface area contributed by atoms with Gasteiger partial charge in [-0.2, -0.15) is 0 Å². The first-order chi connectivity index (χ1) is 7.41. The molecule has 2 nitrogen and oxygen atoms in total. The van der Waals surface area contributed by atoms with Gasteiger partial charge in [-0.15, -0.1) is 0 Å². The first kappa shape index (κ1) is 14.0. The predicted molar refractivity (Wildman–Crippen MR) is 69.5 cm³/mol. The van der Waals surface area contributed by atoms with Crippen LogP contribution in [0.4, 0.5) is 0 Å². The molecule has 0 aromatic heterocycles. The molecule has 1 saturated carbocycles. The summed E-state index contributed by atoms with van der Waals surface area (Å²) < 4.78 is 0. The van der Waals surface area contributed by atoms with Crippen LogP contribution in [0.3, 0.4) is 0 Å². The van der Waals surface area contributed by atoms with Crippen LogP contribution in [0.1, 0.15) is 52.9 Å². The van der Waals surface area contributed by atoms with E-state index < -0.39 is 0 Å². The fraction of sp³-hybridized carbons (Fsp3) is 1.00. The number of aliphatic hydroxyl groups is 1. The molecule has 1 aliphatic carbocycles. The molecule has 3 atom stereocenters. The van der Waals surface area contributed by atoms with Gasteiger partial charge in [0.2, 0.25) is 0 Å². The maximum absolute atomic E-state index is 10.6. The molecule has 0 heterocycles. The third kappa shape index (κ3) is 2.78. The predicted octanol–water partition coefficient (Wildman–Crippen LogP) is 2.90. The van der Waals surface area contributed by atoms with Gasteiger partial charge in [0.25, 0.3) is 0 Å². The molecule has 0 aliphatic heterocycles. The van der Waals surface area contributed by atoms with Gasteiger partial charge in [0.05, 0.1) is 6.10 Å². The SMILES string of the molecule is CCC1CCCCC1C(O)C(C)(C)N(C)C. The van der Waals surface area contributed by atoms with E-state index in [4.69, 9.17) is 0 Å². The Bertz CT molecular complexity index is 213. The molecule has 0 aromatic carbocycles. The molecule has 96 valence electrons. The lowest BCUT2D eigenvalue weighted by Crippen LogP contribution is -2.53. The highest BCUT2D eigenvalue weighted by Gasteiger charge is 2.39. The number of likely N-dealkylation sites (N-methyl/N-ethyl adjacent to an activating group) is 1. The lowest BCUT2D eigenvalue weighted by atomic mass is 9.70. The molecule has 3 unspecified atom stereocenters. The summed E-state index contributed by atoms with van der Waals surface area (Å²) in [6.07, 6.45) is 6.17. The van der Waals surface area contributed by atoms with E-state index in [1.165, 1.54) is 32.1 Å². The van der Waals surface area contributed by atoms with Crippen molar-refractivity contribution in [3.05, 3.63) is 0 Å². The molecule has 1 fully saturated rings. The van der Waals surface area contributed by atoms with Crippen LogP contribution in [0.15, 0.2) is 0 Å². The maximum atomic E-state index is 10.6. The molecular weight excluding hydrogens is 198 g/mol. The van der Waals surface area contributed by atoms with Crippen molar-refractivity contribution < 1.29 is 5.11 Å². The van der Waals surface area contributed by atoms with Crippen molar-refractivity contribution in [1.29, 1.82) is 0 Å². The molecule has 0 amide bonds. The van der Waals surface area contributed by atoms with E-state index in [1.807, 2.05) is 0 Å². The Kier molecular flexibility index (Phi) is 4.81. The van der Waals surface area contributed by atoms with Gasteiger partial charge in [0.1, 0.15) is 0 Å². The summed E-state index contributed by atoms with van der Waals surface area (Å²) >= 11 is 0. The highest BCUT2D eigenvalue weighted by Crippen LogP contribution is 2.38. The van der Waals surface area contributed by atoms with E-state index in [9.17, 15) is 5.11 Å². The molecule has 16 heavy (non-hydrogen) atoms. The Morgan fingerprint density at radius 1 is 1.25 bits per heavy atom. The number of nitrogens with zero attached hydrogens (tertiary/aromatic N) is 1. The first-order valence-electron chi connectivity index (χ1n) is 6.76. The zero-order chi connectivity index (χ0) is 12.3. The van der Waals surface area contributed by atoms with Crippen LogP contribution in [-0.4, -0.2) is 35.7 Å². The summed E-state index contributed by atoms with van der Waals surface area (Å²) in [5, 5.41) is 10.6. The molecule has 0 aromatic rings. The summed E-state index contributed by atoms with van der Waals surface area (Å²) in [6, 6.07) is 0. The molecule has 0 bridgehead atoms. The van der Waals surface area contributed by atoms with Gasteiger partial charge >= 0.3 is 0 Å².